The van der Waals surface area contributed by atoms with Gasteiger partial charge in [-0.2, -0.15) is 0 Å². The number of amides is 6. The molecule has 4 heterocycles. The fourth-order valence-corrected chi connectivity index (χ4v) is 13.5. The number of hydrogen-bond donors (Lipinski definition) is 5. The summed E-state index contributed by atoms with van der Waals surface area (Å²) in [6.45, 7) is 25.4. The van der Waals surface area contributed by atoms with Crippen LogP contribution in [-0.4, -0.2) is 66.7 Å². The molecule has 5 N–H and O–H groups in total. The van der Waals surface area contributed by atoms with Crippen molar-refractivity contribution in [3.05, 3.63) is 229 Å². The molecule has 15 nitrogen and oxygen atoms in total. The van der Waals surface area contributed by atoms with Crippen LogP contribution < -0.4 is 31.3 Å². The second-order valence-electron chi connectivity index (χ2n) is 24.1. The maximum atomic E-state index is 12.8. The quantitative estimate of drug-likeness (QED) is 0.0650. The van der Waals surface area contributed by atoms with Gasteiger partial charge >= 0.3 is 12.1 Å². The zero-order valence-corrected chi connectivity index (χ0v) is 57.8. The van der Waals surface area contributed by atoms with E-state index in [1.807, 2.05) is 93.6 Å². The van der Waals surface area contributed by atoms with Gasteiger partial charge in [-0.25, -0.2) is 9.59 Å². The largest absolute Gasteiger partial charge is 0.484 e. The van der Waals surface area contributed by atoms with Gasteiger partial charge in [0.15, 0.2) is 6.61 Å². The van der Waals surface area contributed by atoms with E-state index in [-0.39, 0.29) is 30.5 Å². The third kappa shape index (κ3) is 14.6. The maximum Gasteiger partial charge on any atom is 0.323 e. The summed E-state index contributed by atoms with van der Waals surface area (Å²) < 4.78 is 14.8. The third-order valence-corrected chi connectivity index (χ3v) is 18.1. The van der Waals surface area contributed by atoms with Gasteiger partial charge in [0.2, 0.25) is 5.91 Å². The average molecular weight is 1310 g/mol. The number of nitrogens with zero attached hydrogens (tertiary/aromatic N) is 5. The molecule has 4 aromatic heterocycles. The minimum absolute atomic E-state index is 0.0161. The number of aromatic nitrogens is 4. The van der Waals surface area contributed by atoms with Crippen molar-refractivity contribution < 1.29 is 23.9 Å². The van der Waals surface area contributed by atoms with Gasteiger partial charge < -0.3 is 54.5 Å². The van der Waals surface area contributed by atoms with Crippen LogP contribution in [0.25, 0.3) is 87.2 Å². The molecule has 500 valence electrons. The van der Waals surface area contributed by atoms with Gasteiger partial charge in [0.25, 0.3) is 5.91 Å². The van der Waals surface area contributed by atoms with Crippen molar-refractivity contribution in [1.29, 1.82) is 0 Å². The van der Waals surface area contributed by atoms with E-state index in [0.717, 1.165) is 94.9 Å². The van der Waals surface area contributed by atoms with Gasteiger partial charge in [0.1, 0.15) is 5.75 Å². The number of benzene rings is 10. The summed E-state index contributed by atoms with van der Waals surface area (Å²) in [6.07, 6.45) is 1.76. The van der Waals surface area contributed by atoms with Crippen molar-refractivity contribution >= 4 is 140 Å². The molecule has 0 spiro atoms. The van der Waals surface area contributed by atoms with Gasteiger partial charge in [0, 0.05) is 162 Å². The van der Waals surface area contributed by atoms with Crippen LogP contribution in [0.3, 0.4) is 0 Å². The number of anilines is 5. The number of carbonyl (C=O) groups is 4. The molecule has 14 rings (SSSR count). The Balaban J connectivity index is 0.000000134. The molecule has 0 saturated carbocycles. The van der Waals surface area contributed by atoms with E-state index in [2.05, 4.69) is 226 Å². The first-order valence-electron chi connectivity index (χ1n) is 34.3. The lowest BCUT2D eigenvalue weighted by Gasteiger charge is -2.19. The number of fused-ring (bicyclic) bond motifs is 12. The Morgan fingerprint density at radius 1 is 0.367 bits per heavy atom. The minimum atomic E-state index is -0.209. The van der Waals surface area contributed by atoms with Crippen LogP contribution in [0.15, 0.2) is 212 Å². The van der Waals surface area contributed by atoms with E-state index in [0.29, 0.717) is 18.8 Å². The number of aryl methyl sites for hydroxylation is 7. The highest BCUT2D eigenvalue weighted by molar-refractivity contribution is 6.13. The van der Waals surface area contributed by atoms with Crippen LogP contribution in [-0.2, 0) is 48.6 Å². The van der Waals surface area contributed by atoms with Crippen molar-refractivity contribution in [3.63, 3.8) is 0 Å². The number of urea groups is 2. The smallest absolute Gasteiger partial charge is 0.323 e. The van der Waals surface area contributed by atoms with Crippen LogP contribution in [0.1, 0.15) is 79.0 Å². The van der Waals surface area contributed by atoms with Crippen LogP contribution in [0.4, 0.5) is 38.0 Å². The lowest BCUT2D eigenvalue weighted by Crippen LogP contribution is -2.34. The van der Waals surface area contributed by atoms with Crippen molar-refractivity contribution in [2.24, 2.45) is 0 Å². The van der Waals surface area contributed by atoms with Crippen molar-refractivity contribution in [2.45, 2.75) is 108 Å². The molecule has 0 unspecified atom stereocenters. The molecule has 0 aliphatic rings. The van der Waals surface area contributed by atoms with E-state index in [4.69, 9.17) is 4.74 Å². The molecule has 98 heavy (non-hydrogen) atoms. The first kappa shape index (κ1) is 68.1. The number of para-hydroxylation sites is 5. The Morgan fingerprint density at radius 2 is 0.714 bits per heavy atom. The number of ether oxygens (including phenoxy) is 1. The SMILES string of the molecule is CCN(CC)C(=O)Nc1ccc2c(c1)c1ccccc1n2CC.CCc1cccc(CC)c1NC(=O)Nc1ccc2c(c1)c1ccccc1n2CC.CCn1c2ccccc2c2cc(NC(=O)COc3ccc(C)cc3)ccc21.CCn1c2ccccc2c2cc(NC(C)=O)ccc21. The van der Waals surface area contributed by atoms with E-state index in [1.54, 1.807) is 4.90 Å². The molecule has 15 heteroatoms. The minimum Gasteiger partial charge on any atom is -0.484 e. The van der Waals surface area contributed by atoms with Crippen molar-refractivity contribution in [1.82, 2.24) is 23.2 Å². The van der Waals surface area contributed by atoms with Crippen molar-refractivity contribution in [2.75, 3.05) is 46.3 Å². The number of hydrogen-bond acceptors (Lipinski definition) is 5. The average Bonchev–Trinajstić information content (AvgIpc) is 1.64. The van der Waals surface area contributed by atoms with Crippen LogP contribution in [0.2, 0.25) is 0 Å². The number of carbonyl (C=O) groups excluding carboxylic acids is 4. The summed E-state index contributed by atoms with van der Waals surface area (Å²) in [5, 5.41) is 24.4. The second-order valence-corrected chi connectivity index (χ2v) is 24.1. The Morgan fingerprint density at radius 3 is 1.07 bits per heavy atom. The predicted octanol–water partition coefficient (Wildman–Crippen LogP) is 20.2. The highest BCUT2D eigenvalue weighted by Gasteiger charge is 2.17. The summed E-state index contributed by atoms with van der Waals surface area (Å²) in [4.78, 5) is 50.2. The first-order chi connectivity index (χ1) is 47.7. The lowest BCUT2D eigenvalue weighted by atomic mass is 10.0. The maximum absolute atomic E-state index is 12.8. The van der Waals surface area contributed by atoms with E-state index < -0.39 is 0 Å². The molecule has 0 fully saturated rings. The normalized spacial score (nSPS) is 11.1. The number of nitrogens with one attached hydrogen (secondary N) is 5. The van der Waals surface area contributed by atoms with Gasteiger partial charge in [0.05, 0.1) is 0 Å². The van der Waals surface area contributed by atoms with Gasteiger partial charge in [-0.3, -0.25) is 9.59 Å². The summed E-state index contributed by atoms with van der Waals surface area (Å²) in [7, 11) is 0. The van der Waals surface area contributed by atoms with Gasteiger partial charge in [-0.05, 0) is 182 Å². The first-order valence-corrected chi connectivity index (χ1v) is 34.3. The van der Waals surface area contributed by atoms with Crippen LogP contribution in [0, 0.1) is 6.92 Å². The highest BCUT2D eigenvalue weighted by atomic mass is 16.5. The Bertz CT molecular complexity index is 5180. The molecule has 10 aromatic carbocycles. The number of rotatable bonds is 16. The van der Waals surface area contributed by atoms with Gasteiger partial charge in [-0.1, -0.05) is 123 Å². The van der Waals surface area contributed by atoms with Crippen LogP contribution >= 0.6 is 0 Å². The van der Waals surface area contributed by atoms with E-state index >= 15 is 0 Å². The molecule has 0 aliphatic carbocycles. The molecule has 0 radical (unpaired) electrons. The Kier molecular flexibility index (Phi) is 21.6. The summed E-state index contributed by atoms with van der Waals surface area (Å²) in [5.41, 5.74) is 17.3. The molecule has 0 bridgehead atoms. The molecule has 0 aliphatic heterocycles. The van der Waals surface area contributed by atoms with Crippen molar-refractivity contribution in [3.8, 4) is 5.75 Å². The highest BCUT2D eigenvalue weighted by Crippen LogP contribution is 2.36. The Labute approximate surface area is 573 Å². The fraction of sp³-hybridized carbons (Fsp3) is 0.229. The molecule has 6 amide bonds. The summed E-state index contributed by atoms with van der Waals surface area (Å²) in [5.74, 6) is 0.477. The standard InChI is InChI=1S/C25H27N3O.C23H22N2O2.C19H23N3O.C16H16N2O/c1-4-17-10-9-11-18(5-2)24(17)27-25(29)26-19-14-15-23-21(16-19)20-12-7-8-13-22(20)28(23)6-3;1-3-25-21-7-5-4-6-19(21)20-14-17(10-13-22(20)25)24-23(26)15-27-18-11-8-16(2)9-12-18;1-4-21(5-2)19(23)20-14-11-12-18-16(13-14)15-9-7-8-10-17(15)22(18)6-3;1-3-18-15-7-5-4-6-13(15)14-10-12(17-11(2)19)8-9-16(14)18/h7-16H,4-6H2,1-3H3,(H2,26,27,29);4-14H,3,15H2,1-2H3,(H,24,26);7-13H,4-6H2,1-3H3,(H,20,23);4-10H,3H2,1-2H3,(H,17,19). The van der Waals surface area contributed by atoms with E-state index in [1.165, 1.54) is 83.4 Å². The third-order valence-electron chi connectivity index (χ3n) is 18.1. The molecular formula is C83H88N10O5. The fourth-order valence-electron chi connectivity index (χ4n) is 13.5. The van der Waals surface area contributed by atoms with E-state index in [9.17, 15) is 19.2 Å². The topological polar surface area (TPSA) is 161 Å². The van der Waals surface area contributed by atoms with Crippen LogP contribution in [0.5, 0.6) is 5.75 Å². The summed E-state index contributed by atoms with van der Waals surface area (Å²) in [6, 6.07) is 71.5. The molecule has 0 saturated heterocycles. The zero-order chi connectivity index (χ0) is 69.0. The molecule has 14 aromatic rings. The monoisotopic (exact) mass is 1300 g/mol. The Hall–Kier alpha value is -11.3. The summed E-state index contributed by atoms with van der Waals surface area (Å²) >= 11 is 0. The zero-order valence-electron chi connectivity index (χ0n) is 57.8. The second kappa shape index (κ2) is 31.0. The lowest BCUT2D eigenvalue weighted by molar-refractivity contribution is -0.118. The van der Waals surface area contributed by atoms with Gasteiger partial charge in [-0.15, -0.1) is 0 Å². The predicted molar refractivity (Wildman–Crippen MR) is 410 cm³/mol. The molecular weight excluding hydrogens is 1220 g/mol. The molecule has 0 atom stereocenters.